The maximum Gasteiger partial charge on any atom is 0.239 e. The van der Waals surface area contributed by atoms with E-state index in [0.717, 1.165) is 72.4 Å². The summed E-state index contributed by atoms with van der Waals surface area (Å²) in [5.41, 5.74) is 3.00. The van der Waals surface area contributed by atoms with E-state index in [2.05, 4.69) is 27.5 Å². The zero-order valence-corrected chi connectivity index (χ0v) is 21.9. The minimum atomic E-state index is -0.589. The average molecular weight is 503 g/mol. The fraction of sp³-hybridized carbons (Fsp3) is 0.556. The van der Waals surface area contributed by atoms with Gasteiger partial charge in [0.1, 0.15) is 11.6 Å². The van der Waals surface area contributed by atoms with E-state index in [1.165, 1.54) is 0 Å². The number of hydrogen-bond donors (Lipinski definition) is 1. The van der Waals surface area contributed by atoms with Crippen LogP contribution in [0, 0.1) is 24.7 Å². The Balaban J connectivity index is 1.28. The Hall–Kier alpha value is -3.08. The summed E-state index contributed by atoms with van der Waals surface area (Å²) in [5, 5.41) is 10.5. The SMILES string of the molecule is Cc1nc2ccccc2n1-c1nc(N2CCOCC2)c2nc(CN3C[C@@H]4[C@H](C3)[C@H]4C(C)(C)O)n(C)c2n1. The standard InChI is InChI=1S/C27H34N8O2/c1-16-28-19-7-5-6-8-20(19)35(16)26-30-24-23(25(31-26)34-9-11-37-12-10-34)29-21(32(24)4)15-33-13-17-18(14-33)22(17)27(2,3)36/h5-8,17-18,22,36H,9-15H2,1-4H3/t17-,18+,22+. The monoisotopic (exact) mass is 502 g/mol. The molecular formula is C27H34N8O2. The number of anilines is 1. The summed E-state index contributed by atoms with van der Waals surface area (Å²) in [5.74, 6) is 4.90. The lowest BCUT2D eigenvalue weighted by Crippen LogP contribution is -2.37. The summed E-state index contributed by atoms with van der Waals surface area (Å²) >= 11 is 0. The molecule has 2 saturated heterocycles. The van der Waals surface area contributed by atoms with Gasteiger partial charge in [-0.3, -0.25) is 9.47 Å². The summed E-state index contributed by atoms with van der Waals surface area (Å²) in [6.07, 6.45) is 0. The van der Waals surface area contributed by atoms with Gasteiger partial charge in [0.05, 0.1) is 36.4 Å². The van der Waals surface area contributed by atoms with E-state index in [0.29, 0.717) is 36.9 Å². The van der Waals surface area contributed by atoms with Crippen molar-refractivity contribution in [2.75, 3.05) is 44.3 Å². The van der Waals surface area contributed by atoms with Gasteiger partial charge in [0.2, 0.25) is 5.95 Å². The Kier molecular flexibility index (Phi) is 5.12. The van der Waals surface area contributed by atoms with Crippen LogP contribution >= 0.6 is 0 Å². The number of imidazole rings is 2. The molecule has 2 aliphatic heterocycles. The van der Waals surface area contributed by atoms with Crippen LogP contribution in [0.5, 0.6) is 0 Å². The van der Waals surface area contributed by atoms with Gasteiger partial charge in [0.15, 0.2) is 17.0 Å². The van der Waals surface area contributed by atoms with Crippen LogP contribution in [0.25, 0.3) is 28.1 Å². The average Bonchev–Trinajstić information content (AvgIpc) is 3.12. The van der Waals surface area contributed by atoms with E-state index in [1.807, 2.05) is 43.5 Å². The Morgan fingerprint density at radius 3 is 2.49 bits per heavy atom. The van der Waals surface area contributed by atoms with Crippen LogP contribution in [-0.4, -0.2) is 84.1 Å². The first-order chi connectivity index (χ1) is 17.8. The van der Waals surface area contributed by atoms with Crippen LogP contribution < -0.4 is 4.90 Å². The summed E-state index contributed by atoms with van der Waals surface area (Å²) in [4.78, 5) is 24.7. The zero-order valence-electron chi connectivity index (χ0n) is 21.9. The number of hydrogen-bond acceptors (Lipinski definition) is 8. The molecule has 1 N–H and O–H groups in total. The van der Waals surface area contributed by atoms with Crippen molar-refractivity contribution < 1.29 is 9.84 Å². The number of piperidine rings is 1. The first kappa shape index (κ1) is 23.1. The highest BCUT2D eigenvalue weighted by atomic mass is 16.5. The quantitative estimate of drug-likeness (QED) is 0.444. The molecule has 5 heterocycles. The molecule has 3 aromatic heterocycles. The highest BCUT2D eigenvalue weighted by Crippen LogP contribution is 2.56. The van der Waals surface area contributed by atoms with Crippen LogP contribution in [0.1, 0.15) is 25.5 Å². The van der Waals surface area contributed by atoms with Crippen molar-refractivity contribution in [1.82, 2.24) is 34.0 Å². The number of ether oxygens (including phenoxy) is 1. The zero-order chi connectivity index (χ0) is 25.5. The third-order valence-corrected chi connectivity index (χ3v) is 8.47. The van der Waals surface area contributed by atoms with Gasteiger partial charge >= 0.3 is 0 Å². The van der Waals surface area contributed by atoms with Crippen molar-refractivity contribution in [3.05, 3.63) is 35.9 Å². The number of benzene rings is 1. The van der Waals surface area contributed by atoms with E-state index >= 15 is 0 Å². The Bertz CT molecular complexity index is 1480. The molecule has 0 radical (unpaired) electrons. The minimum absolute atomic E-state index is 0.416. The van der Waals surface area contributed by atoms with Crippen molar-refractivity contribution in [3.63, 3.8) is 0 Å². The van der Waals surface area contributed by atoms with Crippen molar-refractivity contribution >= 4 is 28.0 Å². The highest BCUT2D eigenvalue weighted by Gasteiger charge is 2.60. The number of aliphatic hydroxyl groups is 1. The van der Waals surface area contributed by atoms with Gasteiger partial charge in [-0.05, 0) is 50.7 Å². The number of nitrogens with zero attached hydrogens (tertiary/aromatic N) is 8. The molecule has 7 rings (SSSR count). The maximum absolute atomic E-state index is 10.5. The van der Waals surface area contributed by atoms with Gasteiger partial charge in [-0.1, -0.05) is 12.1 Å². The normalized spacial score (nSPS) is 24.4. The number of rotatable bonds is 5. The van der Waals surface area contributed by atoms with E-state index in [9.17, 15) is 5.11 Å². The molecule has 1 saturated carbocycles. The molecular weight excluding hydrogens is 468 g/mol. The van der Waals surface area contributed by atoms with Gasteiger partial charge in [-0.25, -0.2) is 9.97 Å². The first-order valence-corrected chi connectivity index (χ1v) is 13.2. The van der Waals surface area contributed by atoms with Crippen molar-refractivity contribution in [2.24, 2.45) is 24.8 Å². The smallest absolute Gasteiger partial charge is 0.239 e. The maximum atomic E-state index is 10.5. The van der Waals surface area contributed by atoms with E-state index < -0.39 is 5.60 Å². The molecule has 194 valence electrons. The molecule has 3 fully saturated rings. The van der Waals surface area contributed by atoms with Crippen molar-refractivity contribution in [1.29, 1.82) is 0 Å². The predicted molar refractivity (Wildman–Crippen MR) is 141 cm³/mol. The molecule has 0 unspecified atom stereocenters. The molecule has 0 spiro atoms. The van der Waals surface area contributed by atoms with E-state index in [4.69, 9.17) is 24.7 Å². The summed E-state index contributed by atoms with van der Waals surface area (Å²) < 4.78 is 9.79. The van der Waals surface area contributed by atoms with Crippen molar-refractivity contribution in [3.8, 4) is 5.95 Å². The number of para-hydroxylation sites is 2. The Morgan fingerprint density at radius 1 is 1.03 bits per heavy atom. The number of aryl methyl sites for hydroxylation is 2. The second kappa shape index (κ2) is 8.21. The molecule has 3 atom stereocenters. The molecule has 4 aromatic rings. The van der Waals surface area contributed by atoms with Gasteiger partial charge in [0, 0.05) is 33.2 Å². The van der Waals surface area contributed by atoms with Gasteiger partial charge in [-0.2, -0.15) is 9.97 Å². The minimum Gasteiger partial charge on any atom is -0.390 e. The van der Waals surface area contributed by atoms with Crippen LogP contribution in [0.15, 0.2) is 24.3 Å². The highest BCUT2D eigenvalue weighted by molar-refractivity contribution is 5.86. The number of likely N-dealkylation sites (tertiary alicyclic amines) is 1. The second-order valence-electron chi connectivity index (χ2n) is 11.4. The van der Waals surface area contributed by atoms with Crippen molar-refractivity contribution in [2.45, 2.75) is 32.9 Å². The number of morpholine rings is 1. The molecule has 0 bridgehead atoms. The van der Waals surface area contributed by atoms with Gasteiger partial charge < -0.3 is 19.3 Å². The predicted octanol–water partition coefficient (Wildman–Crippen LogP) is 2.30. The van der Waals surface area contributed by atoms with Gasteiger partial charge in [0.25, 0.3) is 0 Å². The lowest BCUT2D eigenvalue weighted by molar-refractivity contribution is 0.0365. The molecule has 1 aromatic carbocycles. The summed E-state index contributed by atoms with van der Waals surface area (Å²) in [7, 11) is 2.06. The third kappa shape index (κ3) is 3.72. The fourth-order valence-electron chi connectivity index (χ4n) is 6.71. The molecule has 10 heteroatoms. The summed E-state index contributed by atoms with van der Waals surface area (Å²) in [6, 6.07) is 8.10. The molecule has 0 amide bonds. The lowest BCUT2D eigenvalue weighted by Gasteiger charge is -2.28. The van der Waals surface area contributed by atoms with E-state index in [1.54, 1.807) is 0 Å². The summed E-state index contributed by atoms with van der Waals surface area (Å²) in [6.45, 7) is 11.6. The number of aromatic nitrogens is 6. The fourth-order valence-corrected chi connectivity index (χ4v) is 6.71. The topological polar surface area (TPSA) is 97.4 Å². The largest absolute Gasteiger partial charge is 0.390 e. The van der Waals surface area contributed by atoms with Crippen LogP contribution in [0.2, 0.25) is 0 Å². The molecule has 10 nitrogen and oxygen atoms in total. The number of fused-ring (bicyclic) bond motifs is 3. The second-order valence-corrected chi connectivity index (χ2v) is 11.4. The van der Waals surface area contributed by atoms with Gasteiger partial charge in [-0.15, -0.1) is 0 Å². The first-order valence-electron chi connectivity index (χ1n) is 13.2. The molecule has 37 heavy (non-hydrogen) atoms. The third-order valence-electron chi connectivity index (χ3n) is 8.47. The van der Waals surface area contributed by atoms with Crippen LogP contribution in [0.4, 0.5) is 5.82 Å². The lowest BCUT2D eigenvalue weighted by atomic mass is 9.99. The Morgan fingerprint density at radius 2 is 1.76 bits per heavy atom. The van der Waals surface area contributed by atoms with Crippen LogP contribution in [-0.2, 0) is 18.3 Å². The molecule has 1 aliphatic carbocycles. The van der Waals surface area contributed by atoms with E-state index in [-0.39, 0.29) is 0 Å². The Labute approximate surface area is 215 Å². The molecule has 3 aliphatic rings. The van der Waals surface area contributed by atoms with Crippen LogP contribution in [0.3, 0.4) is 0 Å².